The number of rotatable bonds is 2. The molecule has 2 N–H and O–H groups in total. The maximum absolute atomic E-state index is 9.41. The van der Waals surface area contributed by atoms with Gasteiger partial charge in [0, 0.05) is 0 Å². The highest BCUT2D eigenvalue weighted by Gasteiger charge is 1.97. The van der Waals surface area contributed by atoms with E-state index < -0.39 is 10.4 Å². The van der Waals surface area contributed by atoms with Crippen LogP contribution in [0.1, 0.15) is 0 Å². The van der Waals surface area contributed by atoms with Crippen LogP contribution in [0.15, 0.2) is 0 Å². The van der Waals surface area contributed by atoms with Crippen molar-refractivity contribution < 1.29 is 17.2 Å². The minimum Gasteiger partial charge on any atom is -0.350 e. The highest BCUT2D eigenvalue weighted by Crippen LogP contribution is 1.76. The van der Waals surface area contributed by atoms with Crippen molar-refractivity contribution in [2.45, 2.75) is 0 Å². The third-order valence-corrected chi connectivity index (χ3v) is 0.509. The second-order valence-corrected chi connectivity index (χ2v) is 1.69. The van der Waals surface area contributed by atoms with Gasteiger partial charge in [0.1, 0.15) is 0 Å². The van der Waals surface area contributed by atoms with Crippen molar-refractivity contribution in [1.29, 1.82) is 5.41 Å². The van der Waals surface area contributed by atoms with Crippen LogP contribution in [-0.2, 0) is 14.6 Å². The molecule has 0 saturated heterocycles. The summed E-state index contributed by atoms with van der Waals surface area (Å²) in [4.78, 5) is 0. The van der Waals surface area contributed by atoms with Gasteiger partial charge in [-0.3, -0.25) is 9.96 Å². The summed E-state index contributed by atoms with van der Waals surface area (Å²) in [6, 6.07) is 0. The lowest BCUT2D eigenvalue weighted by atomic mass is 11.6. The lowest BCUT2D eigenvalue weighted by Crippen LogP contribution is -1.99. The van der Waals surface area contributed by atoms with E-state index in [2.05, 4.69) is 4.18 Å². The van der Waals surface area contributed by atoms with Gasteiger partial charge in [-0.25, -0.2) is 0 Å². The Labute approximate surface area is 40.4 Å². The van der Waals surface area contributed by atoms with Crippen LogP contribution in [0.2, 0.25) is 0 Å². The molecular formula is CH3NO4S. The van der Waals surface area contributed by atoms with E-state index in [1.807, 2.05) is 0 Å². The van der Waals surface area contributed by atoms with E-state index in [0.29, 0.717) is 0 Å². The highest BCUT2D eigenvalue weighted by molar-refractivity contribution is 7.81. The molecule has 5 nitrogen and oxygen atoms in total. The molecule has 0 aromatic rings. The summed E-state index contributed by atoms with van der Waals surface area (Å²) in [5.74, 6) is 0. The molecule has 0 aromatic carbocycles. The Bertz CT molecular complexity index is 145. The van der Waals surface area contributed by atoms with E-state index in [4.69, 9.17) is 9.96 Å². The van der Waals surface area contributed by atoms with Gasteiger partial charge in [-0.1, -0.05) is 0 Å². The molecule has 0 heterocycles. The summed E-state index contributed by atoms with van der Waals surface area (Å²) in [6.45, 7) is 0. The summed E-state index contributed by atoms with van der Waals surface area (Å²) < 4.78 is 29.7. The number of hydrogen-bond donors (Lipinski definition) is 2. The number of hydrogen-bond acceptors (Lipinski definition) is 4. The molecule has 42 valence electrons. The molecule has 0 aliphatic heterocycles. The summed E-state index contributed by atoms with van der Waals surface area (Å²) in [7, 11) is -4.42. The Morgan fingerprint density at radius 1 is 1.71 bits per heavy atom. The van der Waals surface area contributed by atoms with Crippen LogP contribution >= 0.6 is 0 Å². The Morgan fingerprint density at radius 2 is 2.14 bits per heavy atom. The van der Waals surface area contributed by atoms with Gasteiger partial charge in [-0.15, -0.1) is 0 Å². The quantitative estimate of drug-likeness (QED) is 0.293. The molecule has 0 rings (SSSR count). The van der Waals surface area contributed by atoms with E-state index in [1.165, 1.54) is 0 Å². The van der Waals surface area contributed by atoms with Gasteiger partial charge < -0.3 is 4.18 Å². The average Bonchev–Trinajstić information content (AvgIpc) is 1.30. The van der Waals surface area contributed by atoms with Crippen LogP contribution in [0, 0.1) is 5.41 Å². The zero-order valence-corrected chi connectivity index (χ0v) is 3.97. The topological polar surface area (TPSA) is 87.5 Å². The van der Waals surface area contributed by atoms with E-state index >= 15 is 0 Å². The van der Waals surface area contributed by atoms with Crippen LogP contribution in [0.25, 0.3) is 0 Å². The van der Waals surface area contributed by atoms with Gasteiger partial charge in [0.05, 0.1) is 0 Å². The van der Waals surface area contributed by atoms with Gasteiger partial charge in [0.15, 0.2) is 6.40 Å². The van der Waals surface area contributed by atoms with Gasteiger partial charge in [-0.2, -0.15) is 8.42 Å². The SMILES string of the molecule is N=COS(=O)(=O)O. The molecule has 0 atom stereocenters. The molecule has 0 spiro atoms. The largest absolute Gasteiger partial charge is 0.447 e. The molecule has 0 radical (unpaired) electrons. The Morgan fingerprint density at radius 3 is 2.14 bits per heavy atom. The number of nitrogens with one attached hydrogen (secondary N) is 1. The van der Waals surface area contributed by atoms with Crippen molar-refractivity contribution >= 4 is 16.8 Å². The monoisotopic (exact) mass is 125 g/mol. The molecule has 6 heteroatoms. The molecule has 0 aliphatic rings. The first-order chi connectivity index (χ1) is 3.06. The van der Waals surface area contributed by atoms with Crippen LogP contribution in [-0.4, -0.2) is 19.4 Å². The first-order valence-electron chi connectivity index (χ1n) is 1.21. The van der Waals surface area contributed by atoms with Crippen molar-refractivity contribution in [3.63, 3.8) is 0 Å². The van der Waals surface area contributed by atoms with E-state index in [9.17, 15) is 8.42 Å². The maximum Gasteiger partial charge on any atom is 0.447 e. The van der Waals surface area contributed by atoms with Gasteiger partial charge in [-0.05, 0) is 0 Å². The van der Waals surface area contributed by atoms with Gasteiger partial charge >= 0.3 is 10.4 Å². The van der Waals surface area contributed by atoms with E-state index in [0.717, 1.165) is 0 Å². The second kappa shape index (κ2) is 1.90. The third-order valence-electron chi connectivity index (χ3n) is 0.170. The smallest absolute Gasteiger partial charge is 0.350 e. The van der Waals surface area contributed by atoms with Gasteiger partial charge in [0.25, 0.3) is 0 Å². The fourth-order valence-electron chi connectivity index (χ4n) is 0.0608. The van der Waals surface area contributed by atoms with Gasteiger partial charge in [0.2, 0.25) is 0 Å². The molecule has 0 amide bonds. The van der Waals surface area contributed by atoms with Crippen LogP contribution in [0.5, 0.6) is 0 Å². The predicted molar refractivity (Wildman–Crippen MR) is 21.4 cm³/mol. The Balaban J connectivity index is 3.84. The summed E-state index contributed by atoms with van der Waals surface area (Å²) in [5.41, 5.74) is 0. The average molecular weight is 125 g/mol. The summed E-state index contributed by atoms with van der Waals surface area (Å²) in [5, 5.41) is 5.97. The summed E-state index contributed by atoms with van der Waals surface area (Å²) in [6.07, 6.45) is 0.120. The van der Waals surface area contributed by atoms with E-state index in [1.54, 1.807) is 0 Å². The minimum atomic E-state index is -4.42. The van der Waals surface area contributed by atoms with Crippen LogP contribution < -0.4 is 0 Å². The first-order valence-corrected chi connectivity index (χ1v) is 2.57. The molecule has 0 aliphatic carbocycles. The molecule has 0 aromatic heterocycles. The molecule has 0 saturated carbocycles. The van der Waals surface area contributed by atoms with Crippen molar-refractivity contribution in [1.82, 2.24) is 0 Å². The molecule has 0 bridgehead atoms. The summed E-state index contributed by atoms with van der Waals surface area (Å²) >= 11 is 0. The zero-order chi connectivity index (χ0) is 5.91. The van der Waals surface area contributed by atoms with Crippen molar-refractivity contribution in [2.24, 2.45) is 0 Å². The maximum atomic E-state index is 9.41. The predicted octanol–water partition coefficient (Wildman–Crippen LogP) is -0.587. The lowest BCUT2D eigenvalue weighted by Gasteiger charge is -1.85. The first kappa shape index (κ1) is 6.38. The van der Waals surface area contributed by atoms with Crippen molar-refractivity contribution in [3.8, 4) is 0 Å². The second-order valence-electron chi connectivity index (χ2n) is 0.642. The Kier molecular flexibility index (Phi) is 1.73. The molecule has 0 fully saturated rings. The fraction of sp³-hybridized carbons (Fsp3) is 0. The third kappa shape index (κ3) is 5.38. The van der Waals surface area contributed by atoms with Crippen LogP contribution in [0.3, 0.4) is 0 Å². The molecular weight excluding hydrogens is 122 g/mol. The van der Waals surface area contributed by atoms with Crippen LogP contribution in [0.4, 0.5) is 0 Å². The zero-order valence-electron chi connectivity index (χ0n) is 3.16. The van der Waals surface area contributed by atoms with Crippen molar-refractivity contribution in [3.05, 3.63) is 0 Å². The van der Waals surface area contributed by atoms with E-state index in [-0.39, 0.29) is 6.40 Å². The standard InChI is InChI=1S/CH3NO4S/c2-1-6-7(3,4)5/h1-2H,(H,3,4,5). The minimum absolute atomic E-state index is 0.120. The normalized spacial score (nSPS) is 10.4. The molecule has 0 unspecified atom stereocenters. The Hall–Kier alpha value is -0.620. The fourth-order valence-corrected chi connectivity index (χ4v) is 0.182. The highest BCUT2D eigenvalue weighted by atomic mass is 32.3. The lowest BCUT2D eigenvalue weighted by molar-refractivity contribution is 0.388. The molecule has 7 heavy (non-hydrogen) atoms. The van der Waals surface area contributed by atoms with Crippen molar-refractivity contribution in [2.75, 3.05) is 0 Å².